The van der Waals surface area contributed by atoms with Gasteiger partial charge in [-0.05, 0) is 34.8 Å². The van der Waals surface area contributed by atoms with Crippen LogP contribution in [0.5, 0.6) is 5.75 Å². The zero-order valence-electron chi connectivity index (χ0n) is 15.9. The van der Waals surface area contributed by atoms with Crippen LogP contribution in [0.4, 0.5) is 11.8 Å². The van der Waals surface area contributed by atoms with Crippen LogP contribution in [0.15, 0.2) is 22.9 Å². The number of rotatable bonds is 9. The van der Waals surface area contributed by atoms with E-state index in [1.807, 2.05) is 6.07 Å². The van der Waals surface area contributed by atoms with E-state index in [9.17, 15) is 5.11 Å². The van der Waals surface area contributed by atoms with Crippen molar-refractivity contribution in [2.45, 2.75) is 38.8 Å². The lowest BCUT2D eigenvalue weighted by molar-refractivity contribution is 0.276. The van der Waals surface area contributed by atoms with Gasteiger partial charge in [0.15, 0.2) is 5.82 Å². The van der Waals surface area contributed by atoms with Gasteiger partial charge >= 0.3 is 0 Å². The molecule has 0 aliphatic carbocycles. The molecule has 28 heavy (non-hydrogen) atoms. The second-order valence-electron chi connectivity index (χ2n) is 6.41. The second-order valence-corrected chi connectivity index (χ2v) is 7.33. The highest BCUT2D eigenvalue weighted by molar-refractivity contribution is 9.10. The molecule has 3 heterocycles. The van der Waals surface area contributed by atoms with Crippen molar-refractivity contribution in [1.82, 2.24) is 24.7 Å². The SMILES string of the molecule is CCC[C@@H](CCO)Nc1nc(N)nc2cnn(Cc3ncc(Br)cc3OC)c12. The van der Waals surface area contributed by atoms with Gasteiger partial charge in [0, 0.05) is 23.3 Å². The molecule has 0 amide bonds. The highest BCUT2D eigenvalue weighted by atomic mass is 79.9. The number of methoxy groups -OCH3 is 1. The fourth-order valence-electron chi connectivity index (χ4n) is 3.11. The molecular formula is C18H24BrN7O2. The number of halogens is 1. The van der Waals surface area contributed by atoms with Gasteiger partial charge in [0.05, 0.1) is 19.9 Å². The Morgan fingerprint density at radius 1 is 1.32 bits per heavy atom. The Morgan fingerprint density at radius 3 is 2.86 bits per heavy atom. The van der Waals surface area contributed by atoms with Gasteiger partial charge < -0.3 is 20.9 Å². The van der Waals surface area contributed by atoms with Gasteiger partial charge in [0.1, 0.15) is 22.5 Å². The molecule has 10 heteroatoms. The van der Waals surface area contributed by atoms with Crippen LogP contribution >= 0.6 is 15.9 Å². The topological polar surface area (TPSA) is 124 Å². The molecule has 3 rings (SSSR count). The van der Waals surface area contributed by atoms with Crippen molar-refractivity contribution in [2.24, 2.45) is 0 Å². The molecule has 3 aromatic heterocycles. The number of aromatic nitrogens is 5. The van der Waals surface area contributed by atoms with Crippen LogP contribution in [0.3, 0.4) is 0 Å². The Labute approximate surface area is 171 Å². The molecule has 0 fully saturated rings. The van der Waals surface area contributed by atoms with Crippen LogP contribution < -0.4 is 15.8 Å². The van der Waals surface area contributed by atoms with E-state index in [0.717, 1.165) is 28.5 Å². The number of nitrogen functional groups attached to an aromatic ring is 1. The number of aliphatic hydroxyl groups excluding tert-OH is 1. The number of hydrogen-bond acceptors (Lipinski definition) is 8. The lowest BCUT2D eigenvalue weighted by Crippen LogP contribution is -2.22. The van der Waals surface area contributed by atoms with Crippen molar-refractivity contribution < 1.29 is 9.84 Å². The van der Waals surface area contributed by atoms with E-state index in [1.54, 1.807) is 24.2 Å². The molecule has 1 atom stereocenters. The van der Waals surface area contributed by atoms with Crippen molar-refractivity contribution in [3.05, 3.63) is 28.6 Å². The number of hydrogen-bond donors (Lipinski definition) is 3. The summed E-state index contributed by atoms with van der Waals surface area (Å²) >= 11 is 3.40. The van der Waals surface area contributed by atoms with Gasteiger partial charge in [-0.15, -0.1) is 0 Å². The lowest BCUT2D eigenvalue weighted by atomic mass is 10.1. The zero-order valence-corrected chi connectivity index (χ0v) is 17.5. The number of aliphatic hydroxyl groups is 1. The summed E-state index contributed by atoms with van der Waals surface area (Å²) in [6.07, 6.45) is 5.89. The summed E-state index contributed by atoms with van der Waals surface area (Å²) in [6.45, 7) is 2.59. The van der Waals surface area contributed by atoms with Gasteiger partial charge in [-0.3, -0.25) is 9.67 Å². The number of ether oxygens (including phenoxy) is 1. The Kier molecular flexibility index (Phi) is 6.63. The highest BCUT2D eigenvalue weighted by Gasteiger charge is 2.17. The summed E-state index contributed by atoms with van der Waals surface area (Å²) in [6, 6.07) is 1.94. The monoisotopic (exact) mass is 449 g/mol. The summed E-state index contributed by atoms with van der Waals surface area (Å²) in [5.74, 6) is 1.43. The zero-order chi connectivity index (χ0) is 20.1. The number of pyridine rings is 1. The van der Waals surface area contributed by atoms with Crippen LogP contribution in [0.25, 0.3) is 11.0 Å². The van der Waals surface area contributed by atoms with Crippen LogP contribution in [-0.2, 0) is 6.54 Å². The molecule has 0 bridgehead atoms. The molecule has 0 spiro atoms. The van der Waals surface area contributed by atoms with Gasteiger partial charge in [-0.2, -0.15) is 10.1 Å². The van der Waals surface area contributed by atoms with E-state index in [2.05, 4.69) is 48.2 Å². The molecule has 0 aliphatic rings. The first-order valence-electron chi connectivity index (χ1n) is 9.10. The fraction of sp³-hybridized carbons (Fsp3) is 0.444. The summed E-state index contributed by atoms with van der Waals surface area (Å²) in [5.41, 5.74) is 8.00. The molecule has 0 unspecified atom stereocenters. The lowest BCUT2D eigenvalue weighted by Gasteiger charge is -2.19. The largest absolute Gasteiger partial charge is 0.495 e. The molecule has 150 valence electrons. The normalized spacial score (nSPS) is 12.3. The maximum atomic E-state index is 9.36. The van der Waals surface area contributed by atoms with E-state index >= 15 is 0 Å². The van der Waals surface area contributed by atoms with Crippen LogP contribution in [0.1, 0.15) is 31.9 Å². The van der Waals surface area contributed by atoms with E-state index in [1.165, 1.54) is 0 Å². The van der Waals surface area contributed by atoms with Crippen LogP contribution in [-0.4, -0.2) is 49.6 Å². The summed E-state index contributed by atoms with van der Waals surface area (Å²) < 4.78 is 8.05. The second kappa shape index (κ2) is 9.16. The minimum Gasteiger partial charge on any atom is -0.495 e. The Hall–Kier alpha value is -2.46. The smallest absolute Gasteiger partial charge is 0.222 e. The summed E-state index contributed by atoms with van der Waals surface area (Å²) in [7, 11) is 1.61. The molecular weight excluding hydrogens is 426 g/mol. The van der Waals surface area contributed by atoms with Gasteiger partial charge in [0.25, 0.3) is 0 Å². The molecule has 0 radical (unpaired) electrons. The third-order valence-corrected chi connectivity index (χ3v) is 4.81. The minimum atomic E-state index is 0.0798. The maximum Gasteiger partial charge on any atom is 0.222 e. The van der Waals surface area contributed by atoms with E-state index in [0.29, 0.717) is 30.0 Å². The van der Waals surface area contributed by atoms with E-state index < -0.39 is 0 Å². The Balaban J connectivity index is 2.00. The summed E-state index contributed by atoms with van der Waals surface area (Å²) in [5, 5.41) is 17.2. The average Bonchev–Trinajstić information content (AvgIpc) is 3.06. The molecule has 9 nitrogen and oxygen atoms in total. The molecule has 0 aromatic carbocycles. The number of nitrogens with two attached hydrogens (primary N) is 1. The first-order valence-corrected chi connectivity index (χ1v) is 9.89. The number of nitrogens with zero attached hydrogens (tertiary/aromatic N) is 5. The fourth-order valence-corrected chi connectivity index (χ4v) is 3.42. The molecule has 0 aliphatic heterocycles. The molecule has 0 saturated carbocycles. The standard InChI is InChI=1S/C18H24BrN7O2/c1-3-4-12(5-6-27)23-17-16-13(24-18(20)25-17)9-22-26(16)10-14-15(28-2)7-11(19)8-21-14/h7-9,12,27H,3-6,10H2,1-2H3,(H3,20,23,24,25)/t12-/m0/s1. The first kappa shape index (κ1) is 20.3. The van der Waals surface area contributed by atoms with Gasteiger partial charge in [-0.1, -0.05) is 13.3 Å². The number of nitrogens with one attached hydrogen (secondary N) is 1. The van der Waals surface area contributed by atoms with Crippen molar-refractivity contribution >= 4 is 38.7 Å². The minimum absolute atomic E-state index is 0.0798. The third-order valence-electron chi connectivity index (χ3n) is 4.38. The summed E-state index contributed by atoms with van der Waals surface area (Å²) in [4.78, 5) is 13.1. The van der Waals surface area contributed by atoms with Gasteiger partial charge in [0.2, 0.25) is 5.95 Å². The van der Waals surface area contributed by atoms with Crippen molar-refractivity contribution in [3.63, 3.8) is 0 Å². The molecule has 4 N–H and O–H groups in total. The van der Waals surface area contributed by atoms with Crippen molar-refractivity contribution in [1.29, 1.82) is 0 Å². The number of anilines is 2. The molecule has 3 aromatic rings. The molecule has 0 saturated heterocycles. The van der Waals surface area contributed by atoms with Crippen LogP contribution in [0.2, 0.25) is 0 Å². The maximum absolute atomic E-state index is 9.36. The third kappa shape index (κ3) is 4.50. The van der Waals surface area contributed by atoms with E-state index in [4.69, 9.17) is 10.5 Å². The highest BCUT2D eigenvalue weighted by Crippen LogP contribution is 2.26. The Morgan fingerprint density at radius 2 is 2.14 bits per heavy atom. The predicted octanol–water partition coefficient (Wildman–Crippen LogP) is 2.59. The average molecular weight is 450 g/mol. The quantitative estimate of drug-likeness (QED) is 0.455. The van der Waals surface area contributed by atoms with Crippen molar-refractivity contribution in [3.8, 4) is 5.75 Å². The van der Waals surface area contributed by atoms with E-state index in [-0.39, 0.29) is 18.6 Å². The first-order chi connectivity index (χ1) is 13.5. The Bertz CT molecular complexity index is 941. The van der Waals surface area contributed by atoms with Crippen LogP contribution in [0, 0.1) is 0 Å². The van der Waals surface area contributed by atoms with Crippen molar-refractivity contribution in [2.75, 3.05) is 24.8 Å². The van der Waals surface area contributed by atoms with Gasteiger partial charge in [-0.25, -0.2) is 4.98 Å². The predicted molar refractivity (Wildman–Crippen MR) is 111 cm³/mol. The number of fused-ring (bicyclic) bond motifs is 1.